The maximum Gasteiger partial charge on any atom is 0.271 e. The van der Waals surface area contributed by atoms with Crippen LogP contribution in [0.2, 0.25) is 0 Å². The van der Waals surface area contributed by atoms with E-state index >= 15 is 0 Å². The van der Waals surface area contributed by atoms with Gasteiger partial charge in [0.25, 0.3) is 11.2 Å². The average Bonchev–Trinajstić information content (AvgIpc) is 3.24. The van der Waals surface area contributed by atoms with Gasteiger partial charge >= 0.3 is 0 Å². The first kappa shape index (κ1) is 24.3. The molecule has 0 fully saturated rings. The molecule has 190 valence electrons. The van der Waals surface area contributed by atoms with E-state index in [4.69, 9.17) is 9.73 Å². The van der Waals surface area contributed by atoms with Gasteiger partial charge < -0.3 is 9.84 Å². The third kappa shape index (κ3) is 3.97. The van der Waals surface area contributed by atoms with E-state index in [-0.39, 0.29) is 33.1 Å². The third-order valence-electron chi connectivity index (χ3n) is 6.88. The number of aromatic hydroxyl groups is 1. The molecule has 10 heteroatoms. The number of ether oxygens (including phenoxy) is 1. The van der Waals surface area contributed by atoms with Gasteiger partial charge in [0.15, 0.2) is 4.80 Å². The third-order valence-corrected chi connectivity index (χ3v) is 8.47. The number of nitro groups is 1. The summed E-state index contributed by atoms with van der Waals surface area (Å²) < 4.78 is 7.52. The first-order valence-corrected chi connectivity index (χ1v) is 13.4. The highest BCUT2D eigenvalue weighted by atomic mass is 79.9. The maximum absolute atomic E-state index is 13.9. The zero-order valence-electron chi connectivity index (χ0n) is 20.1. The summed E-state index contributed by atoms with van der Waals surface area (Å²) >= 11 is 4.37. The van der Waals surface area contributed by atoms with Crippen molar-refractivity contribution in [3.63, 3.8) is 0 Å². The Balaban J connectivity index is 1.61. The van der Waals surface area contributed by atoms with E-state index in [1.807, 2.05) is 36.4 Å². The van der Waals surface area contributed by atoms with E-state index in [9.17, 15) is 20.0 Å². The molecule has 0 spiro atoms. The molecule has 3 aromatic carbocycles. The van der Waals surface area contributed by atoms with Gasteiger partial charge in [-0.3, -0.25) is 19.5 Å². The number of methoxy groups -OCH3 is 1. The zero-order chi connectivity index (χ0) is 26.6. The molecule has 38 heavy (non-hydrogen) atoms. The van der Waals surface area contributed by atoms with Gasteiger partial charge in [0.05, 0.1) is 32.8 Å². The molecule has 2 aliphatic rings. The molecule has 8 nitrogen and oxygen atoms in total. The standard InChI is InChI=1S/C28H20BrN3O5S/c1-37-19-9-6-16(7-10-19)25-21-11-8-15-4-2-3-5-20(15)24(21)30-28-31(25)27(34)23(38-28)13-17-12-18(32(35)36)14-22(29)26(17)33/h2-7,9-10,12-14,25,33H,8,11H2,1H3/b23-13-/t25-/m1/s1. The lowest BCUT2D eigenvalue weighted by Crippen LogP contribution is -2.38. The van der Waals surface area contributed by atoms with Crippen molar-refractivity contribution < 1.29 is 14.8 Å². The maximum atomic E-state index is 13.9. The van der Waals surface area contributed by atoms with E-state index in [1.165, 1.54) is 35.1 Å². The number of thiazole rings is 1. The molecule has 0 unspecified atom stereocenters. The highest BCUT2D eigenvalue weighted by molar-refractivity contribution is 9.10. The molecule has 0 bridgehead atoms. The SMILES string of the molecule is COc1ccc([C@@H]2C3=C(N=c4s/c(=C\c5cc([N+](=O)[O-])cc(Br)c5O)c(=O)n42)c2ccccc2CC3)cc1. The highest BCUT2D eigenvalue weighted by Gasteiger charge is 2.32. The molecule has 0 amide bonds. The Morgan fingerprint density at radius 2 is 1.95 bits per heavy atom. The molecule has 1 atom stereocenters. The van der Waals surface area contributed by atoms with E-state index in [0.29, 0.717) is 9.33 Å². The van der Waals surface area contributed by atoms with Crippen molar-refractivity contribution in [2.24, 2.45) is 4.99 Å². The first-order chi connectivity index (χ1) is 18.4. The molecule has 1 aliphatic heterocycles. The number of aryl methyl sites for hydroxylation is 1. The first-order valence-electron chi connectivity index (χ1n) is 11.8. The van der Waals surface area contributed by atoms with Crippen LogP contribution in [0.3, 0.4) is 0 Å². The van der Waals surface area contributed by atoms with Crippen LogP contribution < -0.4 is 19.6 Å². The summed E-state index contributed by atoms with van der Waals surface area (Å²) in [5, 5.41) is 21.9. The second-order valence-electron chi connectivity index (χ2n) is 9.01. The van der Waals surface area contributed by atoms with Crippen LogP contribution in [0.4, 0.5) is 5.69 Å². The number of hydrogen-bond donors (Lipinski definition) is 1. The Labute approximate surface area is 228 Å². The molecule has 0 saturated heterocycles. The normalized spacial score (nSPS) is 16.4. The highest BCUT2D eigenvalue weighted by Crippen LogP contribution is 2.41. The molecule has 1 N–H and O–H groups in total. The number of fused-ring (bicyclic) bond motifs is 3. The number of rotatable bonds is 4. The molecule has 0 radical (unpaired) electrons. The molecule has 1 aliphatic carbocycles. The van der Waals surface area contributed by atoms with Gasteiger partial charge in [-0.05, 0) is 63.7 Å². The van der Waals surface area contributed by atoms with Crippen molar-refractivity contribution in [1.82, 2.24) is 4.57 Å². The fraction of sp³-hybridized carbons (Fsp3) is 0.143. The number of hydrogen-bond acceptors (Lipinski definition) is 7. The fourth-order valence-electron chi connectivity index (χ4n) is 5.07. The summed E-state index contributed by atoms with van der Waals surface area (Å²) in [6.07, 6.45) is 3.09. The minimum atomic E-state index is -0.543. The smallest absolute Gasteiger partial charge is 0.271 e. The van der Waals surface area contributed by atoms with Gasteiger partial charge in [0.2, 0.25) is 0 Å². The number of nitro benzene ring substituents is 1. The summed E-state index contributed by atoms with van der Waals surface area (Å²) in [6, 6.07) is 18.0. The molecule has 1 aromatic heterocycles. The van der Waals surface area contributed by atoms with Crippen LogP contribution in [0, 0.1) is 10.1 Å². The largest absolute Gasteiger partial charge is 0.506 e. The predicted molar refractivity (Wildman–Crippen MR) is 148 cm³/mol. The lowest BCUT2D eigenvalue weighted by Gasteiger charge is -2.30. The molecule has 4 aromatic rings. The van der Waals surface area contributed by atoms with Crippen LogP contribution in [-0.4, -0.2) is 21.7 Å². The number of benzene rings is 3. The van der Waals surface area contributed by atoms with Gasteiger partial charge in [-0.25, -0.2) is 4.99 Å². The number of halogens is 1. The quantitative estimate of drug-likeness (QED) is 0.274. The van der Waals surface area contributed by atoms with E-state index in [1.54, 1.807) is 11.7 Å². The summed E-state index contributed by atoms with van der Waals surface area (Å²) in [5.74, 6) is 0.539. The minimum absolute atomic E-state index is 0.173. The Morgan fingerprint density at radius 3 is 2.68 bits per heavy atom. The lowest BCUT2D eigenvalue weighted by molar-refractivity contribution is -0.385. The Morgan fingerprint density at radius 1 is 1.18 bits per heavy atom. The van der Waals surface area contributed by atoms with Crippen molar-refractivity contribution >= 4 is 44.7 Å². The number of phenolic OH excluding ortho intramolecular Hbond substituents is 1. The van der Waals surface area contributed by atoms with Gasteiger partial charge in [-0.15, -0.1) is 0 Å². The van der Waals surface area contributed by atoms with Crippen molar-refractivity contribution in [2.45, 2.75) is 18.9 Å². The number of nitrogens with zero attached hydrogens (tertiary/aromatic N) is 3. The van der Waals surface area contributed by atoms with Crippen LogP contribution in [-0.2, 0) is 6.42 Å². The van der Waals surface area contributed by atoms with Crippen LogP contribution in [0.5, 0.6) is 11.5 Å². The Bertz CT molecular complexity index is 1840. The molecule has 2 heterocycles. The molecular weight excluding hydrogens is 570 g/mol. The summed E-state index contributed by atoms with van der Waals surface area (Å²) in [5.41, 5.74) is 4.85. The summed E-state index contributed by atoms with van der Waals surface area (Å²) in [7, 11) is 1.61. The topological polar surface area (TPSA) is 107 Å². The number of non-ortho nitro benzene ring substituents is 1. The zero-order valence-corrected chi connectivity index (χ0v) is 22.5. The van der Waals surface area contributed by atoms with Gasteiger partial charge in [-0.2, -0.15) is 0 Å². The van der Waals surface area contributed by atoms with Crippen molar-refractivity contribution in [3.05, 3.63) is 123 Å². The summed E-state index contributed by atoms with van der Waals surface area (Å²) in [6.45, 7) is 0. The summed E-state index contributed by atoms with van der Waals surface area (Å²) in [4.78, 5) is 30.2. The minimum Gasteiger partial charge on any atom is -0.506 e. The van der Waals surface area contributed by atoms with Gasteiger partial charge in [-0.1, -0.05) is 47.7 Å². The van der Waals surface area contributed by atoms with E-state index in [0.717, 1.165) is 41.0 Å². The fourth-order valence-corrected chi connectivity index (χ4v) is 6.53. The van der Waals surface area contributed by atoms with Crippen LogP contribution in [0.15, 0.2) is 80.5 Å². The van der Waals surface area contributed by atoms with Gasteiger partial charge in [0, 0.05) is 23.3 Å². The van der Waals surface area contributed by atoms with Crippen molar-refractivity contribution in [2.75, 3.05) is 7.11 Å². The van der Waals surface area contributed by atoms with Crippen LogP contribution in [0.1, 0.15) is 34.7 Å². The molecule has 6 rings (SSSR count). The van der Waals surface area contributed by atoms with E-state index < -0.39 is 4.92 Å². The van der Waals surface area contributed by atoms with Gasteiger partial charge in [0.1, 0.15) is 11.5 Å². The number of aromatic nitrogens is 1. The van der Waals surface area contributed by atoms with Crippen molar-refractivity contribution in [1.29, 1.82) is 0 Å². The Kier molecular flexibility index (Phi) is 6.00. The number of allylic oxidation sites excluding steroid dienone is 1. The van der Waals surface area contributed by atoms with E-state index in [2.05, 4.69) is 28.1 Å². The molecule has 0 saturated carbocycles. The van der Waals surface area contributed by atoms with Crippen LogP contribution >= 0.6 is 27.3 Å². The average molecular weight is 590 g/mol. The molecular formula is C28H20BrN3O5S. The van der Waals surface area contributed by atoms with Crippen molar-refractivity contribution in [3.8, 4) is 11.5 Å². The number of phenols is 1. The lowest BCUT2D eigenvalue weighted by atomic mass is 9.83. The second kappa shape index (κ2) is 9.38. The second-order valence-corrected chi connectivity index (χ2v) is 10.9. The Hall–Kier alpha value is -4.02. The predicted octanol–water partition coefficient (Wildman–Crippen LogP) is 4.70. The monoisotopic (exact) mass is 589 g/mol. The van der Waals surface area contributed by atoms with Crippen LogP contribution in [0.25, 0.3) is 11.8 Å².